The van der Waals surface area contributed by atoms with Crippen LogP contribution in [0.2, 0.25) is 15.3 Å². The van der Waals surface area contributed by atoms with Crippen LogP contribution in [-0.2, 0) is 0 Å². The van der Waals surface area contributed by atoms with Gasteiger partial charge in [-0.2, -0.15) is 20.2 Å². The first-order chi connectivity index (χ1) is 12.4. The Balaban J connectivity index is 1.87. The maximum atomic E-state index is 8.84. The van der Waals surface area contributed by atoms with E-state index in [2.05, 4.69) is 31.7 Å². The normalized spacial score (nSPS) is 10.3. The Hall–Kier alpha value is -2.59. The molecule has 0 saturated heterocycles. The average molecular weight is 406 g/mol. The van der Waals surface area contributed by atoms with Gasteiger partial charge in [0.05, 0.1) is 22.3 Å². The van der Waals surface area contributed by atoms with Crippen LogP contribution in [0.25, 0.3) is 0 Å². The largest absolute Gasteiger partial charge is 0.324 e. The zero-order chi connectivity index (χ0) is 18.7. The smallest absolute Gasteiger partial charge is 0.233 e. The highest BCUT2D eigenvalue weighted by Crippen LogP contribution is 2.31. The van der Waals surface area contributed by atoms with Crippen LogP contribution in [0, 0.1) is 18.3 Å². The highest BCUT2D eigenvalue weighted by atomic mass is 35.5. The minimum Gasteiger partial charge on any atom is -0.324 e. The fourth-order valence-corrected chi connectivity index (χ4v) is 2.99. The number of benzene rings is 2. The lowest BCUT2D eigenvalue weighted by molar-refractivity contribution is 1.06. The molecule has 0 aliphatic heterocycles. The Morgan fingerprint density at radius 1 is 0.923 bits per heavy atom. The van der Waals surface area contributed by atoms with Crippen LogP contribution < -0.4 is 10.6 Å². The van der Waals surface area contributed by atoms with Crippen LogP contribution in [0.5, 0.6) is 0 Å². The number of rotatable bonds is 4. The zero-order valence-corrected chi connectivity index (χ0v) is 15.7. The van der Waals surface area contributed by atoms with Gasteiger partial charge in [0.1, 0.15) is 0 Å². The predicted molar refractivity (Wildman–Crippen MR) is 104 cm³/mol. The van der Waals surface area contributed by atoms with Crippen molar-refractivity contribution in [3.05, 3.63) is 62.9 Å². The molecule has 3 rings (SSSR count). The van der Waals surface area contributed by atoms with Crippen LogP contribution in [0.1, 0.15) is 11.1 Å². The van der Waals surface area contributed by atoms with Crippen LogP contribution >= 0.6 is 34.8 Å². The SMILES string of the molecule is Cc1cc(Cl)cc(Cl)c1Nc1nc(Cl)nc(Nc2ccc(C#N)cc2)n1. The van der Waals surface area contributed by atoms with E-state index in [1.54, 1.807) is 36.4 Å². The second kappa shape index (κ2) is 7.75. The fraction of sp³-hybridized carbons (Fsp3) is 0.0588. The van der Waals surface area contributed by atoms with Crippen molar-refractivity contribution in [1.82, 2.24) is 15.0 Å². The molecule has 1 aromatic heterocycles. The number of aryl methyl sites for hydroxylation is 1. The number of nitriles is 1. The highest BCUT2D eigenvalue weighted by Gasteiger charge is 2.11. The summed E-state index contributed by atoms with van der Waals surface area (Å²) in [5.41, 5.74) is 2.72. The molecule has 2 N–H and O–H groups in total. The molecule has 0 aliphatic carbocycles. The Morgan fingerprint density at radius 2 is 1.58 bits per heavy atom. The number of halogens is 3. The van der Waals surface area contributed by atoms with Crippen molar-refractivity contribution >= 4 is 58.1 Å². The molecule has 6 nitrogen and oxygen atoms in total. The van der Waals surface area contributed by atoms with Gasteiger partial charge in [0.25, 0.3) is 0 Å². The molecule has 0 radical (unpaired) electrons. The van der Waals surface area contributed by atoms with E-state index in [0.717, 1.165) is 5.56 Å². The molecule has 1 heterocycles. The van der Waals surface area contributed by atoms with E-state index in [4.69, 9.17) is 40.1 Å². The summed E-state index contributed by atoms with van der Waals surface area (Å²) in [4.78, 5) is 12.4. The molecule has 0 atom stereocenters. The zero-order valence-electron chi connectivity index (χ0n) is 13.4. The minimum absolute atomic E-state index is 0.0152. The van der Waals surface area contributed by atoms with Gasteiger partial charge in [-0.1, -0.05) is 23.2 Å². The van der Waals surface area contributed by atoms with Crippen molar-refractivity contribution in [3.8, 4) is 6.07 Å². The first-order valence-corrected chi connectivity index (χ1v) is 8.49. The van der Waals surface area contributed by atoms with E-state index >= 15 is 0 Å². The van der Waals surface area contributed by atoms with Gasteiger partial charge in [0, 0.05) is 10.7 Å². The number of hydrogen-bond acceptors (Lipinski definition) is 6. The van der Waals surface area contributed by atoms with Crippen molar-refractivity contribution in [3.63, 3.8) is 0 Å². The van der Waals surface area contributed by atoms with Crippen molar-refractivity contribution in [2.75, 3.05) is 10.6 Å². The average Bonchev–Trinajstić information content (AvgIpc) is 2.58. The van der Waals surface area contributed by atoms with Gasteiger partial charge in [-0.3, -0.25) is 0 Å². The molecule has 130 valence electrons. The van der Waals surface area contributed by atoms with Crippen molar-refractivity contribution < 1.29 is 0 Å². The number of nitrogens with one attached hydrogen (secondary N) is 2. The van der Waals surface area contributed by atoms with E-state index in [1.807, 2.05) is 6.92 Å². The number of aromatic nitrogens is 3. The molecule has 0 fully saturated rings. The summed E-state index contributed by atoms with van der Waals surface area (Å²) < 4.78 is 0. The molecular formula is C17H11Cl3N6. The molecule has 3 aromatic rings. The molecular weight excluding hydrogens is 395 g/mol. The summed E-state index contributed by atoms with van der Waals surface area (Å²) >= 11 is 18.2. The van der Waals surface area contributed by atoms with Crippen molar-refractivity contribution in [1.29, 1.82) is 5.26 Å². The Kier molecular flexibility index (Phi) is 5.43. The maximum Gasteiger partial charge on any atom is 0.233 e. The number of anilines is 4. The first-order valence-electron chi connectivity index (χ1n) is 7.36. The van der Waals surface area contributed by atoms with Gasteiger partial charge in [-0.25, -0.2) is 0 Å². The van der Waals surface area contributed by atoms with Crippen molar-refractivity contribution in [2.24, 2.45) is 0 Å². The van der Waals surface area contributed by atoms with Gasteiger partial charge in [0.15, 0.2) is 0 Å². The molecule has 0 unspecified atom stereocenters. The third kappa shape index (κ3) is 4.33. The summed E-state index contributed by atoms with van der Waals surface area (Å²) in [6.45, 7) is 1.86. The van der Waals surface area contributed by atoms with Gasteiger partial charge in [-0.15, -0.1) is 0 Å². The monoisotopic (exact) mass is 404 g/mol. The molecule has 26 heavy (non-hydrogen) atoms. The molecule has 0 spiro atoms. The topological polar surface area (TPSA) is 86.5 Å². The Labute approximate surface area is 164 Å². The lowest BCUT2D eigenvalue weighted by Gasteiger charge is -2.12. The summed E-state index contributed by atoms with van der Waals surface area (Å²) in [6, 6.07) is 12.3. The second-order valence-corrected chi connectivity index (χ2v) is 6.45. The van der Waals surface area contributed by atoms with Crippen LogP contribution in [0.3, 0.4) is 0 Å². The maximum absolute atomic E-state index is 8.84. The highest BCUT2D eigenvalue weighted by molar-refractivity contribution is 6.36. The molecule has 0 amide bonds. The summed E-state index contributed by atoms with van der Waals surface area (Å²) in [7, 11) is 0. The minimum atomic E-state index is 0.0152. The van der Waals surface area contributed by atoms with E-state index in [9.17, 15) is 0 Å². The number of nitrogens with zero attached hydrogens (tertiary/aromatic N) is 4. The van der Waals surface area contributed by atoms with Gasteiger partial charge < -0.3 is 10.6 Å². The van der Waals surface area contributed by atoms with E-state index in [1.165, 1.54) is 0 Å². The molecule has 0 bridgehead atoms. The summed E-state index contributed by atoms with van der Waals surface area (Å²) in [6.07, 6.45) is 0. The third-order valence-corrected chi connectivity index (χ3v) is 4.05. The molecule has 0 saturated carbocycles. The first kappa shape index (κ1) is 18.2. The Morgan fingerprint density at radius 3 is 2.19 bits per heavy atom. The van der Waals surface area contributed by atoms with Crippen molar-refractivity contribution in [2.45, 2.75) is 6.92 Å². The van der Waals surface area contributed by atoms with E-state index in [0.29, 0.717) is 27.0 Å². The summed E-state index contributed by atoms with van der Waals surface area (Å²) in [5, 5.41) is 15.9. The lowest BCUT2D eigenvalue weighted by atomic mass is 10.2. The van der Waals surface area contributed by atoms with E-state index < -0.39 is 0 Å². The number of hydrogen-bond donors (Lipinski definition) is 2. The van der Waals surface area contributed by atoms with Gasteiger partial charge >= 0.3 is 0 Å². The second-order valence-electron chi connectivity index (χ2n) is 5.27. The quantitative estimate of drug-likeness (QED) is 0.596. The van der Waals surface area contributed by atoms with Crippen LogP contribution in [0.4, 0.5) is 23.3 Å². The van der Waals surface area contributed by atoms with Gasteiger partial charge in [0.2, 0.25) is 17.2 Å². The fourth-order valence-electron chi connectivity index (χ4n) is 2.19. The molecule has 0 aliphatic rings. The lowest BCUT2D eigenvalue weighted by Crippen LogP contribution is -2.05. The third-order valence-electron chi connectivity index (χ3n) is 3.37. The molecule has 2 aromatic carbocycles. The Bertz CT molecular complexity index is 975. The van der Waals surface area contributed by atoms with Gasteiger partial charge in [-0.05, 0) is 60.5 Å². The van der Waals surface area contributed by atoms with Crippen LogP contribution in [-0.4, -0.2) is 15.0 Å². The van der Waals surface area contributed by atoms with E-state index in [-0.39, 0.29) is 17.2 Å². The molecule has 9 heteroatoms. The summed E-state index contributed by atoms with van der Waals surface area (Å²) in [5.74, 6) is 0.480. The van der Waals surface area contributed by atoms with Crippen LogP contribution in [0.15, 0.2) is 36.4 Å². The standard InChI is InChI=1S/C17H11Cl3N6/c1-9-6-11(18)7-13(19)14(9)23-17-25-15(20)24-16(26-17)22-12-4-2-10(8-21)3-5-12/h2-7H,1H3,(H2,22,23,24,25,26). The predicted octanol–water partition coefficient (Wildman–Crippen LogP) is 5.50.